The van der Waals surface area contributed by atoms with Crippen LogP contribution >= 0.6 is 27.3 Å². The summed E-state index contributed by atoms with van der Waals surface area (Å²) in [7, 11) is 0. The van der Waals surface area contributed by atoms with Gasteiger partial charge in [-0.05, 0) is 50.1 Å². The van der Waals surface area contributed by atoms with Gasteiger partial charge in [0, 0.05) is 14.9 Å². The third-order valence-corrected chi connectivity index (χ3v) is 5.49. The zero-order chi connectivity index (χ0) is 18.7. The van der Waals surface area contributed by atoms with Crippen molar-refractivity contribution in [3.05, 3.63) is 62.9 Å². The molecule has 0 atom stereocenters. The van der Waals surface area contributed by atoms with Crippen LogP contribution in [0, 0.1) is 20.8 Å². The van der Waals surface area contributed by atoms with Crippen LogP contribution in [-0.2, 0) is 4.79 Å². The molecule has 1 aromatic heterocycles. The smallest absolute Gasteiger partial charge is 0.264 e. The largest absolute Gasteiger partial charge is 0.483 e. The summed E-state index contributed by atoms with van der Waals surface area (Å²) in [5, 5.41) is 3.40. The molecule has 0 bridgehead atoms. The first-order valence-corrected chi connectivity index (χ1v) is 9.77. The van der Waals surface area contributed by atoms with Gasteiger partial charge in [0.2, 0.25) is 0 Å². The molecule has 26 heavy (non-hydrogen) atoms. The summed E-state index contributed by atoms with van der Waals surface area (Å²) < 4.78 is 6.67. The Labute approximate surface area is 165 Å². The van der Waals surface area contributed by atoms with Gasteiger partial charge in [0.05, 0.1) is 5.69 Å². The predicted molar refractivity (Wildman–Crippen MR) is 110 cm³/mol. The number of ether oxygens (including phenoxy) is 1. The fourth-order valence-corrected chi connectivity index (χ4v) is 3.62. The normalized spacial score (nSPS) is 10.6. The quantitative estimate of drug-likeness (QED) is 0.579. The fourth-order valence-electron chi connectivity index (χ4n) is 2.50. The zero-order valence-corrected chi connectivity index (χ0v) is 17.2. The van der Waals surface area contributed by atoms with Gasteiger partial charge in [0.15, 0.2) is 11.7 Å². The van der Waals surface area contributed by atoms with Crippen LogP contribution in [0.4, 0.5) is 5.13 Å². The Hall–Kier alpha value is -2.18. The third kappa shape index (κ3) is 4.31. The van der Waals surface area contributed by atoms with E-state index in [1.54, 1.807) is 0 Å². The average molecular weight is 431 g/mol. The highest BCUT2D eigenvalue weighted by atomic mass is 79.9. The minimum absolute atomic E-state index is 0.0451. The standard InChI is InChI=1S/C20H19BrN2O2S/c1-12-5-4-6-17(13(12)2)25-11-18(24)22-20-23-19(14(3)26-20)15-7-9-16(21)10-8-15/h4-10H,11H2,1-3H3,(H,22,23,24). The molecule has 0 saturated heterocycles. The van der Waals surface area contributed by atoms with E-state index in [2.05, 4.69) is 26.2 Å². The Morgan fingerprint density at radius 3 is 2.62 bits per heavy atom. The van der Waals surface area contributed by atoms with Gasteiger partial charge in [-0.15, -0.1) is 11.3 Å². The molecule has 0 aliphatic carbocycles. The second-order valence-electron chi connectivity index (χ2n) is 5.97. The average Bonchev–Trinajstić information content (AvgIpc) is 2.97. The van der Waals surface area contributed by atoms with E-state index in [1.807, 2.05) is 63.2 Å². The van der Waals surface area contributed by atoms with Gasteiger partial charge in [-0.25, -0.2) is 4.98 Å². The Balaban J connectivity index is 1.65. The van der Waals surface area contributed by atoms with Crippen LogP contribution in [0.5, 0.6) is 5.75 Å². The number of anilines is 1. The van der Waals surface area contributed by atoms with E-state index in [4.69, 9.17) is 4.74 Å². The number of carbonyl (C=O) groups excluding carboxylic acids is 1. The lowest BCUT2D eigenvalue weighted by molar-refractivity contribution is -0.118. The summed E-state index contributed by atoms with van der Waals surface area (Å²) >= 11 is 4.89. The molecule has 1 heterocycles. The molecule has 3 rings (SSSR count). The van der Waals surface area contributed by atoms with Gasteiger partial charge in [-0.2, -0.15) is 0 Å². The molecule has 0 radical (unpaired) electrons. The summed E-state index contributed by atoms with van der Waals surface area (Å²) in [5.74, 6) is 0.507. The van der Waals surface area contributed by atoms with Crippen LogP contribution in [0.1, 0.15) is 16.0 Å². The SMILES string of the molecule is Cc1cccc(OCC(=O)Nc2nc(-c3ccc(Br)cc3)c(C)s2)c1C. The van der Waals surface area contributed by atoms with Crippen molar-refractivity contribution in [1.29, 1.82) is 0 Å². The van der Waals surface area contributed by atoms with Crippen molar-refractivity contribution >= 4 is 38.3 Å². The van der Waals surface area contributed by atoms with Crippen molar-refractivity contribution < 1.29 is 9.53 Å². The zero-order valence-electron chi connectivity index (χ0n) is 14.8. The van der Waals surface area contributed by atoms with Crippen molar-refractivity contribution in [3.8, 4) is 17.0 Å². The highest BCUT2D eigenvalue weighted by molar-refractivity contribution is 9.10. The van der Waals surface area contributed by atoms with E-state index in [0.717, 1.165) is 37.5 Å². The lowest BCUT2D eigenvalue weighted by Crippen LogP contribution is -2.20. The maximum absolute atomic E-state index is 12.2. The van der Waals surface area contributed by atoms with E-state index < -0.39 is 0 Å². The highest BCUT2D eigenvalue weighted by Gasteiger charge is 2.13. The first-order valence-electron chi connectivity index (χ1n) is 8.16. The van der Waals surface area contributed by atoms with Gasteiger partial charge in [0.25, 0.3) is 5.91 Å². The molecular formula is C20H19BrN2O2S. The summed E-state index contributed by atoms with van der Waals surface area (Å²) in [4.78, 5) is 17.8. The number of rotatable bonds is 5. The number of nitrogens with zero attached hydrogens (tertiary/aromatic N) is 1. The van der Waals surface area contributed by atoms with Gasteiger partial charge in [-0.3, -0.25) is 10.1 Å². The summed E-state index contributed by atoms with van der Waals surface area (Å²) in [6, 6.07) is 13.8. The number of nitrogens with one attached hydrogen (secondary N) is 1. The molecule has 3 aromatic rings. The van der Waals surface area contributed by atoms with E-state index in [9.17, 15) is 4.79 Å². The maximum atomic E-state index is 12.2. The molecule has 0 spiro atoms. The third-order valence-electron chi connectivity index (χ3n) is 4.07. The van der Waals surface area contributed by atoms with Crippen molar-refractivity contribution in [3.63, 3.8) is 0 Å². The van der Waals surface area contributed by atoms with Crippen molar-refractivity contribution in [2.45, 2.75) is 20.8 Å². The van der Waals surface area contributed by atoms with Crippen molar-refractivity contribution in [2.75, 3.05) is 11.9 Å². The molecule has 4 nitrogen and oxygen atoms in total. The first kappa shape index (κ1) is 18.6. The highest BCUT2D eigenvalue weighted by Crippen LogP contribution is 2.31. The van der Waals surface area contributed by atoms with Crippen LogP contribution in [0.2, 0.25) is 0 Å². The molecule has 0 saturated carbocycles. The van der Waals surface area contributed by atoms with Gasteiger partial charge < -0.3 is 4.74 Å². The van der Waals surface area contributed by atoms with Gasteiger partial charge >= 0.3 is 0 Å². The number of hydrogen-bond acceptors (Lipinski definition) is 4. The summed E-state index contributed by atoms with van der Waals surface area (Å²) in [5.41, 5.74) is 4.09. The minimum atomic E-state index is -0.220. The number of aryl methyl sites for hydroxylation is 2. The first-order chi connectivity index (χ1) is 12.4. The second kappa shape index (κ2) is 8.01. The number of benzene rings is 2. The second-order valence-corrected chi connectivity index (χ2v) is 8.08. The number of amides is 1. The molecule has 0 fully saturated rings. The topological polar surface area (TPSA) is 51.2 Å². The lowest BCUT2D eigenvalue weighted by atomic mass is 10.1. The molecular weight excluding hydrogens is 412 g/mol. The van der Waals surface area contributed by atoms with Crippen LogP contribution < -0.4 is 10.1 Å². The van der Waals surface area contributed by atoms with E-state index >= 15 is 0 Å². The fraction of sp³-hybridized carbons (Fsp3) is 0.200. The van der Waals surface area contributed by atoms with Crippen LogP contribution in [0.25, 0.3) is 11.3 Å². The van der Waals surface area contributed by atoms with Crippen molar-refractivity contribution in [2.24, 2.45) is 0 Å². The Bertz CT molecular complexity index is 935. The molecule has 1 amide bonds. The van der Waals surface area contributed by atoms with E-state index in [-0.39, 0.29) is 12.5 Å². The maximum Gasteiger partial charge on any atom is 0.264 e. The van der Waals surface area contributed by atoms with E-state index in [1.165, 1.54) is 11.3 Å². The number of halogens is 1. The Kier molecular flexibility index (Phi) is 5.74. The number of aromatic nitrogens is 1. The molecule has 0 aliphatic rings. The summed E-state index contributed by atoms with van der Waals surface area (Å²) in [6.07, 6.45) is 0. The van der Waals surface area contributed by atoms with Crippen LogP contribution in [0.15, 0.2) is 46.9 Å². The van der Waals surface area contributed by atoms with Gasteiger partial charge in [0.1, 0.15) is 5.75 Å². The van der Waals surface area contributed by atoms with Crippen LogP contribution in [-0.4, -0.2) is 17.5 Å². The lowest BCUT2D eigenvalue weighted by Gasteiger charge is -2.10. The Morgan fingerprint density at radius 1 is 1.15 bits per heavy atom. The predicted octanol–water partition coefficient (Wildman–Crippen LogP) is 5.52. The van der Waals surface area contributed by atoms with Crippen molar-refractivity contribution in [1.82, 2.24) is 4.98 Å². The molecule has 6 heteroatoms. The van der Waals surface area contributed by atoms with Crippen LogP contribution in [0.3, 0.4) is 0 Å². The molecule has 0 aliphatic heterocycles. The number of thiazole rings is 1. The molecule has 0 unspecified atom stereocenters. The number of hydrogen-bond donors (Lipinski definition) is 1. The van der Waals surface area contributed by atoms with Gasteiger partial charge in [-0.1, -0.05) is 40.2 Å². The minimum Gasteiger partial charge on any atom is -0.483 e. The molecule has 134 valence electrons. The Morgan fingerprint density at radius 2 is 1.88 bits per heavy atom. The van der Waals surface area contributed by atoms with E-state index in [0.29, 0.717) is 5.13 Å². The summed E-state index contributed by atoms with van der Waals surface area (Å²) in [6.45, 7) is 5.95. The molecule has 2 aromatic carbocycles. The monoisotopic (exact) mass is 430 g/mol. The molecule has 1 N–H and O–H groups in total. The number of carbonyl (C=O) groups is 1.